The van der Waals surface area contributed by atoms with Crippen LogP contribution in [-0.2, 0) is 21.4 Å². The number of rotatable bonds is 4. The minimum absolute atomic E-state index is 0.122. The number of fused-ring (bicyclic) bond motifs is 1. The first kappa shape index (κ1) is 18.6. The van der Waals surface area contributed by atoms with Crippen molar-refractivity contribution < 1.29 is 13.2 Å². The van der Waals surface area contributed by atoms with Crippen LogP contribution in [0.5, 0.6) is 0 Å². The number of amides is 1. The van der Waals surface area contributed by atoms with E-state index in [1.54, 1.807) is 43.4 Å². The summed E-state index contributed by atoms with van der Waals surface area (Å²) in [6.45, 7) is 3.84. The lowest BCUT2D eigenvalue weighted by molar-refractivity contribution is -0.112. The summed E-state index contributed by atoms with van der Waals surface area (Å²) in [5.41, 5.74) is 3.57. The number of nitrogens with zero attached hydrogens (tertiary/aromatic N) is 1. The molecule has 7 heteroatoms. The molecule has 26 heavy (non-hydrogen) atoms. The predicted molar refractivity (Wildman–Crippen MR) is 104 cm³/mol. The molecular weight excluding hydrogens is 372 g/mol. The van der Waals surface area contributed by atoms with Crippen molar-refractivity contribution in [2.24, 2.45) is 0 Å². The molecule has 0 atom stereocenters. The lowest BCUT2D eigenvalue weighted by Gasteiger charge is -2.11. The summed E-state index contributed by atoms with van der Waals surface area (Å²) in [5, 5.41) is 0.596. The molecule has 1 N–H and O–H groups in total. The summed E-state index contributed by atoms with van der Waals surface area (Å²) in [6, 6.07) is 11.7. The Balaban J connectivity index is 1.91. The topological polar surface area (TPSA) is 66.5 Å². The summed E-state index contributed by atoms with van der Waals surface area (Å²) >= 11 is 5.84. The number of anilines is 1. The standard InChI is InChI=1S/C19H19ClN2O3S/c1-12(2)18-16-10-15(8-9-17(16)22(3)19(18)23)26(24,25)21-11-13-4-6-14(20)7-5-13/h4-10,21H,11H2,1-3H3. The van der Waals surface area contributed by atoms with Gasteiger partial charge < -0.3 is 4.90 Å². The van der Waals surface area contributed by atoms with Gasteiger partial charge in [-0.3, -0.25) is 4.79 Å². The average Bonchev–Trinajstić information content (AvgIpc) is 2.85. The predicted octanol–water partition coefficient (Wildman–Crippen LogP) is 3.59. The maximum absolute atomic E-state index is 12.7. The van der Waals surface area contributed by atoms with Gasteiger partial charge in [-0.25, -0.2) is 13.1 Å². The van der Waals surface area contributed by atoms with E-state index in [1.165, 1.54) is 11.0 Å². The first-order valence-electron chi connectivity index (χ1n) is 8.05. The van der Waals surface area contributed by atoms with Crippen LogP contribution in [0.4, 0.5) is 5.69 Å². The monoisotopic (exact) mass is 390 g/mol. The number of carbonyl (C=O) groups excluding carboxylic acids is 1. The highest BCUT2D eigenvalue weighted by Crippen LogP contribution is 2.38. The van der Waals surface area contributed by atoms with Crippen molar-refractivity contribution in [3.8, 4) is 0 Å². The molecule has 1 amide bonds. The summed E-state index contributed by atoms with van der Waals surface area (Å²) in [5.74, 6) is -0.122. The fraction of sp³-hybridized carbons (Fsp3) is 0.211. The molecule has 0 aliphatic carbocycles. The second kappa shape index (κ2) is 6.87. The molecule has 3 rings (SSSR count). The number of allylic oxidation sites excluding steroid dienone is 1. The molecular formula is C19H19ClN2O3S. The fourth-order valence-corrected chi connectivity index (χ4v) is 4.08. The van der Waals surface area contributed by atoms with Crippen molar-refractivity contribution in [2.75, 3.05) is 11.9 Å². The van der Waals surface area contributed by atoms with Crippen molar-refractivity contribution >= 4 is 38.8 Å². The fourth-order valence-electron chi connectivity index (χ4n) is 2.91. The number of halogens is 1. The third kappa shape index (κ3) is 3.40. The molecule has 0 unspecified atom stereocenters. The van der Waals surface area contributed by atoms with Crippen LogP contribution < -0.4 is 9.62 Å². The van der Waals surface area contributed by atoms with Gasteiger partial charge in [0.15, 0.2) is 0 Å². The van der Waals surface area contributed by atoms with Crippen LogP contribution >= 0.6 is 11.6 Å². The van der Waals surface area contributed by atoms with E-state index in [1.807, 2.05) is 13.8 Å². The number of hydrogen-bond acceptors (Lipinski definition) is 3. The third-order valence-corrected chi connectivity index (χ3v) is 5.96. The molecule has 2 aromatic carbocycles. The van der Waals surface area contributed by atoms with Crippen molar-refractivity contribution in [3.63, 3.8) is 0 Å². The number of nitrogens with one attached hydrogen (secondary N) is 1. The largest absolute Gasteiger partial charge is 0.311 e. The molecule has 1 heterocycles. The molecule has 0 fully saturated rings. The lowest BCUT2D eigenvalue weighted by Crippen LogP contribution is -2.23. The number of likely N-dealkylation sites (N-methyl/N-ethyl adjacent to an activating group) is 1. The molecule has 136 valence electrons. The SMILES string of the molecule is CC(C)=C1C(=O)N(C)c2ccc(S(=O)(=O)NCc3ccc(Cl)cc3)cc21. The number of hydrogen-bond donors (Lipinski definition) is 1. The second-order valence-corrected chi connectivity index (χ2v) is 8.57. The summed E-state index contributed by atoms with van der Waals surface area (Å²) in [4.78, 5) is 14.1. The lowest BCUT2D eigenvalue weighted by atomic mass is 10.0. The van der Waals surface area contributed by atoms with Gasteiger partial charge in [-0.15, -0.1) is 0 Å². The molecule has 1 aliphatic heterocycles. The Bertz CT molecular complexity index is 1010. The number of carbonyl (C=O) groups is 1. The van der Waals surface area contributed by atoms with Gasteiger partial charge in [0.25, 0.3) is 5.91 Å². The van der Waals surface area contributed by atoms with E-state index in [4.69, 9.17) is 11.6 Å². The zero-order valence-electron chi connectivity index (χ0n) is 14.7. The highest BCUT2D eigenvalue weighted by Gasteiger charge is 2.31. The minimum atomic E-state index is -3.71. The molecule has 0 saturated heterocycles. The van der Waals surface area contributed by atoms with E-state index in [-0.39, 0.29) is 17.3 Å². The number of sulfonamides is 1. The zero-order chi connectivity index (χ0) is 19.1. The Labute approximate surface area is 158 Å². The van der Waals surface area contributed by atoms with Gasteiger partial charge in [0.05, 0.1) is 10.6 Å². The highest BCUT2D eigenvalue weighted by molar-refractivity contribution is 7.89. The average molecular weight is 391 g/mol. The van der Waals surface area contributed by atoms with Gasteiger partial charge in [-0.2, -0.15) is 0 Å². The van der Waals surface area contributed by atoms with Crippen LogP contribution in [0.3, 0.4) is 0 Å². The van der Waals surface area contributed by atoms with Crippen molar-refractivity contribution in [3.05, 3.63) is 64.2 Å². The van der Waals surface area contributed by atoms with E-state index in [0.29, 0.717) is 21.8 Å². The third-order valence-electron chi connectivity index (χ3n) is 4.31. The Kier molecular flexibility index (Phi) is 4.92. The van der Waals surface area contributed by atoms with Crippen LogP contribution in [0.1, 0.15) is 25.0 Å². The molecule has 5 nitrogen and oxygen atoms in total. The minimum Gasteiger partial charge on any atom is -0.311 e. The second-order valence-electron chi connectivity index (χ2n) is 6.37. The van der Waals surface area contributed by atoms with Crippen LogP contribution in [0.2, 0.25) is 5.02 Å². The molecule has 0 radical (unpaired) electrons. The molecule has 0 spiro atoms. The molecule has 0 aromatic heterocycles. The van der Waals surface area contributed by atoms with Gasteiger partial charge in [0, 0.05) is 29.8 Å². The van der Waals surface area contributed by atoms with Gasteiger partial charge in [-0.1, -0.05) is 29.3 Å². The first-order chi connectivity index (χ1) is 12.2. The first-order valence-corrected chi connectivity index (χ1v) is 9.91. The van der Waals surface area contributed by atoms with E-state index in [2.05, 4.69) is 4.72 Å². The molecule has 1 aliphatic rings. The Morgan fingerprint density at radius 2 is 1.77 bits per heavy atom. The van der Waals surface area contributed by atoms with Gasteiger partial charge in [0.1, 0.15) is 0 Å². The maximum Gasteiger partial charge on any atom is 0.258 e. The van der Waals surface area contributed by atoms with Gasteiger partial charge >= 0.3 is 0 Å². The highest BCUT2D eigenvalue weighted by atomic mass is 35.5. The van der Waals surface area contributed by atoms with E-state index >= 15 is 0 Å². The van der Waals surface area contributed by atoms with Gasteiger partial charge in [-0.05, 0) is 49.7 Å². The Hall–Kier alpha value is -2.15. The van der Waals surface area contributed by atoms with Crippen molar-refractivity contribution in [2.45, 2.75) is 25.3 Å². The molecule has 0 bridgehead atoms. The molecule has 2 aromatic rings. The van der Waals surface area contributed by atoms with Crippen LogP contribution in [0.25, 0.3) is 5.57 Å². The van der Waals surface area contributed by atoms with Crippen molar-refractivity contribution in [1.82, 2.24) is 4.72 Å². The normalized spacial score (nSPS) is 13.9. The summed E-state index contributed by atoms with van der Waals surface area (Å²) < 4.78 is 27.9. The Morgan fingerprint density at radius 3 is 2.38 bits per heavy atom. The van der Waals surface area contributed by atoms with Crippen LogP contribution in [0.15, 0.2) is 52.9 Å². The summed E-state index contributed by atoms with van der Waals surface area (Å²) in [6.07, 6.45) is 0. The van der Waals surface area contributed by atoms with E-state index < -0.39 is 10.0 Å². The number of benzene rings is 2. The zero-order valence-corrected chi connectivity index (χ0v) is 16.3. The van der Waals surface area contributed by atoms with E-state index in [9.17, 15) is 13.2 Å². The van der Waals surface area contributed by atoms with Crippen molar-refractivity contribution in [1.29, 1.82) is 0 Å². The maximum atomic E-state index is 12.7. The quantitative estimate of drug-likeness (QED) is 0.811. The molecule has 0 saturated carbocycles. The van der Waals surface area contributed by atoms with Crippen LogP contribution in [0, 0.1) is 0 Å². The Morgan fingerprint density at radius 1 is 1.12 bits per heavy atom. The van der Waals surface area contributed by atoms with Gasteiger partial charge in [0.2, 0.25) is 10.0 Å². The summed E-state index contributed by atoms with van der Waals surface area (Å²) in [7, 11) is -2.03. The van der Waals surface area contributed by atoms with E-state index in [0.717, 1.165) is 11.1 Å². The smallest absolute Gasteiger partial charge is 0.258 e. The van der Waals surface area contributed by atoms with Crippen LogP contribution in [-0.4, -0.2) is 21.4 Å².